The van der Waals surface area contributed by atoms with Gasteiger partial charge in [0.25, 0.3) is 0 Å². The number of aryl methyl sites for hydroxylation is 1. The molecular formula is C26H30FNO3. The first-order chi connectivity index (χ1) is 15.1. The summed E-state index contributed by atoms with van der Waals surface area (Å²) in [4.78, 5) is 14.1. The van der Waals surface area contributed by atoms with Gasteiger partial charge in [-0.25, -0.2) is 4.79 Å². The van der Waals surface area contributed by atoms with E-state index in [0.717, 1.165) is 55.6 Å². The average Bonchev–Trinajstić information content (AvgIpc) is 2.99. The number of esters is 1. The fourth-order valence-electron chi connectivity index (χ4n) is 4.64. The molecule has 1 aliphatic carbocycles. The lowest BCUT2D eigenvalue weighted by Gasteiger charge is -2.41. The number of allylic oxidation sites excluding steroid dienone is 1. The number of halogens is 1. The third-order valence-corrected chi connectivity index (χ3v) is 6.42. The van der Waals surface area contributed by atoms with Gasteiger partial charge in [0.15, 0.2) is 0 Å². The van der Waals surface area contributed by atoms with Crippen molar-refractivity contribution in [2.24, 2.45) is 5.92 Å². The van der Waals surface area contributed by atoms with Gasteiger partial charge in [0.1, 0.15) is 0 Å². The first kappa shape index (κ1) is 21.7. The summed E-state index contributed by atoms with van der Waals surface area (Å²) in [5.41, 5.74) is 6.12. The van der Waals surface area contributed by atoms with Crippen LogP contribution in [-0.4, -0.2) is 49.4 Å². The summed E-state index contributed by atoms with van der Waals surface area (Å²) in [6.45, 7) is 2.13. The Kier molecular flexibility index (Phi) is 6.83. The Bertz CT molecular complexity index is 948. The zero-order valence-electron chi connectivity index (χ0n) is 18.0. The number of hydrogen-bond donors (Lipinski definition) is 1. The Balaban J connectivity index is 1.49. The van der Waals surface area contributed by atoms with Crippen LogP contribution in [0.4, 0.5) is 4.39 Å². The Morgan fingerprint density at radius 2 is 2.00 bits per heavy atom. The van der Waals surface area contributed by atoms with Gasteiger partial charge in [-0.3, -0.25) is 4.39 Å². The van der Waals surface area contributed by atoms with Crippen molar-refractivity contribution in [3.63, 3.8) is 0 Å². The number of alkyl halides is 1. The summed E-state index contributed by atoms with van der Waals surface area (Å²) < 4.78 is 17.2. The van der Waals surface area contributed by atoms with E-state index in [-0.39, 0.29) is 18.6 Å². The van der Waals surface area contributed by atoms with Gasteiger partial charge >= 0.3 is 5.97 Å². The average molecular weight is 424 g/mol. The summed E-state index contributed by atoms with van der Waals surface area (Å²) in [6, 6.07) is 14.0. The molecule has 1 atom stereocenters. The molecule has 0 saturated carbocycles. The summed E-state index contributed by atoms with van der Waals surface area (Å²) in [7, 11) is 1.40. The predicted molar refractivity (Wildman–Crippen MR) is 120 cm³/mol. The molecule has 0 spiro atoms. The number of hydrogen-bond acceptors (Lipinski definition) is 4. The minimum atomic E-state index is -0.492. The molecule has 1 unspecified atom stereocenters. The monoisotopic (exact) mass is 423 g/mol. The molecule has 4 nitrogen and oxygen atoms in total. The van der Waals surface area contributed by atoms with Crippen LogP contribution in [0.15, 0.2) is 48.5 Å². The lowest BCUT2D eigenvalue weighted by atomic mass is 9.87. The highest BCUT2D eigenvalue weighted by molar-refractivity contribution is 5.91. The van der Waals surface area contributed by atoms with Gasteiger partial charge in [0, 0.05) is 25.6 Å². The molecule has 1 N–H and O–H groups in total. The first-order valence-corrected chi connectivity index (χ1v) is 11.1. The number of fused-ring (bicyclic) bond motifs is 1. The van der Waals surface area contributed by atoms with Gasteiger partial charge in [0.2, 0.25) is 0 Å². The molecule has 164 valence electrons. The molecule has 0 aromatic heterocycles. The molecule has 1 heterocycles. The number of carbonyl (C=O) groups excluding carboxylic acids is 1. The molecule has 2 aromatic carbocycles. The Morgan fingerprint density at radius 3 is 2.71 bits per heavy atom. The maximum atomic E-state index is 12.3. The van der Waals surface area contributed by atoms with E-state index in [0.29, 0.717) is 12.0 Å². The van der Waals surface area contributed by atoms with Crippen LogP contribution in [0, 0.1) is 5.92 Å². The van der Waals surface area contributed by atoms with Crippen LogP contribution in [0.3, 0.4) is 0 Å². The van der Waals surface area contributed by atoms with E-state index in [1.165, 1.54) is 18.2 Å². The highest BCUT2D eigenvalue weighted by atomic mass is 19.1. The molecule has 2 aromatic rings. The van der Waals surface area contributed by atoms with Crippen molar-refractivity contribution >= 4 is 11.5 Å². The third-order valence-electron chi connectivity index (χ3n) is 6.42. The van der Waals surface area contributed by atoms with E-state index in [1.54, 1.807) is 0 Å². The van der Waals surface area contributed by atoms with Crippen molar-refractivity contribution < 1.29 is 19.0 Å². The lowest BCUT2D eigenvalue weighted by molar-refractivity contribution is -0.00608. The van der Waals surface area contributed by atoms with Crippen LogP contribution in [-0.2, 0) is 11.2 Å². The second kappa shape index (κ2) is 9.75. The Hall–Kier alpha value is -2.50. The molecule has 0 bridgehead atoms. The van der Waals surface area contributed by atoms with E-state index in [9.17, 15) is 14.3 Å². The van der Waals surface area contributed by atoms with Gasteiger partial charge in [-0.1, -0.05) is 36.4 Å². The van der Waals surface area contributed by atoms with Gasteiger partial charge in [-0.2, -0.15) is 0 Å². The fourth-order valence-corrected chi connectivity index (χ4v) is 4.64. The maximum Gasteiger partial charge on any atom is 0.337 e. The maximum absolute atomic E-state index is 12.3. The van der Waals surface area contributed by atoms with E-state index >= 15 is 0 Å². The first-order valence-electron chi connectivity index (χ1n) is 11.1. The van der Waals surface area contributed by atoms with E-state index in [2.05, 4.69) is 23.1 Å². The zero-order chi connectivity index (χ0) is 21.8. The quantitative estimate of drug-likeness (QED) is 0.663. The molecule has 1 saturated heterocycles. The number of carbonyl (C=O) groups is 1. The van der Waals surface area contributed by atoms with Crippen molar-refractivity contribution in [2.45, 2.75) is 31.8 Å². The van der Waals surface area contributed by atoms with Crippen LogP contribution in [0.25, 0.3) is 5.57 Å². The second-order valence-corrected chi connectivity index (χ2v) is 8.50. The van der Waals surface area contributed by atoms with Gasteiger partial charge in [-0.15, -0.1) is 0 Å². The van der Waals surface area contributed by atoms with Crippen molar-refractivity contribution in [3.8, 4) is 0 Å². The van der Waals surface area contributed by atoms with Crippen molar-refractivity contribution in [3.05, 3.63) is 76.4 Å². The molecule has 2 aliphatic rings. The van der Waals surface area contributed by atoms with Crippen LogP contribution < -0.4 is 0 Å². The molecule has 0 radical (unpaired) electrons. The number of likely N-dealkylation sites (tertiary alicyclic amines) is 1. The van der Waals surface area contributed by atoms with Gasteiger partial charge in [0.05, 0.1) is 25.5 Å². The van der Waals surface area contributed by atoms with Crippen LogP contribution in [0.2, 0.25) is 0 Å². The standard InChI is InChI=1S/C26H30FNO3/c1-31-26(30)21-11-12-24-20(15-21)5-2-3-6-23(24)18-7-9-19(10-8-18)25(29)22-16-28(17-22)14-4-13-27/h6-12,15,22,25,29H,2-5,13-14,16-17H2,1H3. The SMILES string of the molecule is COC(=O)c1ccc2c(c1)CCCC=C2c1ccc(C(O)C2CN(CCCF)C2)cc1. The molecule has 1 aliphatic heterocycles. The number of benzene rings is 2. The molecule has 31 heavy (non-hydrogen) atoms. The van der Waals surface area contributed by atoms with Gasteiger partial charge < -0.3 is 14.7 Å². The molecule has 5 heteroatoms. The molecule has 1 fully saturated rings. The number of methoxy groups -OCH3 is 1. The second-order valence-electron chi connectivity index (χ2n) is 8.50. The summed E-state index contributed by atoms with van der Waals surface area (Å²) in [5, 5.41) is 10.7. The van der Waals surface area contributed by atoms with E-state index in [1.807, 2.05) is 30.3 Å². The fraction of sp³-hybridized carbons (Fsp3) is 0.423. The van der Waals surface area contributed by atoms with Crippen LogP contribution in [0.1, 0.15) is 58.0 Å². The predicted octanol–water partition coefficient (Wildman–Crippen LogP) is 4.57. The Labute approximate surface area is 183 Å². The summed E-state index contributed by atoms with van der Waals surface area (Å²) >= 11 is 0. The number of nitrogens with zero attached hydrogens (tertiary/aromatic N) is 1. The summed E-state index contributed by atoms with van der Waals surface area (Å²) in [5.74, 6) is -0.102. The summed E-state index contributed by atoms with van der Waals surface area (Å²) in [6.07, 6.45) is 5.29. The minimum absolute atomic E-state index is 0.208. The Morgan fingerprint density at radius 1 is 1.23 bits per heavy atom. The van der Waals surface area contributed by atoms with Gasteiger partial charge in [-0.05, 0) is 65.6 Å². The van der Waals surface area contributed by atoms with E-state index in [4.69, 9.17) is 4.74 Å². The number of aliphatic hydroxyl groups excluding tert-OH is 1. The largest absolute Gasteiger partial charge is 0.465 e. The van der Waals surface area contributed by atoms with E-state index < -0.39 is 6.10 Å². The molecule has 4 rings (SSSR count). The molecular weight excluding hydrogens is 393 g/mol. The lowest BCUT2D eigenvalue weighted by Crippen LogP contribution is -2.49. The number of aliphatic hydroxyl groups is 1. The topological polar surface area (TPSA) is 49.8 Å². The molecule has 0 amide bonds. The highest BCUT2D eigenvalue weighted by Crippen LogP contribution is 2.34. The van der Waals surface area contributed by atoms with Crippen LogP contribution >= 0.6 is 0 Å². The minimum Gasteiger partial charge on any atom is -0.465 e. The van der Waals surface area contributed by atoms with Crippen molar-refractivity contribution in [2.75, 3.05) is 33.4 Å². The zero-order valence-corrected chi connectivity index (χ0v) is 18.0. The third kappa shape index (κ3) is 4.73. The number of ether oxygens (including phenoxy) is 1. The van der Waals surface area contributed by atoms with Crippen molar-refractivity contribution in [1.82, 2.24) is 4.90 Å². The smallest absolute Gasteiger partial charge is 0.337 e. The number of rotatable bonds is 7. The van der Waals surface area contributed by atoms with Crippen molar-refractivity contribution in [1.29, 1.82) is 0 Å². The van der Waals surface area contributed by atoms with Crippen LogP contribution in [0.5, 0.6) is 0 Å². The highest BCUT2D eigenvalue weighted by Gasteiger charge is 2.32. The normalized spacial score (nSPS) is 17.8.